The summed E-state index contributed by atoms with van der Waals surface area (Å²) in [5, 5.41) is 5.66. The smallest absolute Gasteiger partial charge is 0.254 e. The first-order valence-corrected chi connectivity index (χ1v) is 12.4. The van der Waals surface area contributed by atoms with Crippen LogP contribution in [-0.2, 0) is 16.1 Å². The number of amides is 2. The minimum absolute atomic E-state index is 0.0191. The van der Waals surface area contributed by atoms with Crippen LogP contribution in [0.1, 0.15) is 50.1 Å². The monoisotopic (exact) mass is 478 g/mol. The van der Waals surface area contributed by atoms with Crippen LogP contribution in [0, 0.1) is 6.92 Å². The van der Waals surface area contributed by atoms with Crippen molar-refractivity contribution in [1.29, 1.82) is 0 Å². The number of benzene rings is 1. The van der Waals surface area contributed by atoms with Gasteiger partial charge in [0.25, 0.3) is 5.91 Å². The molecule has 3 heterocycles. The third kappa shape index (κ3) is 4.82. The molecule has 4 rings (SSSR count). The van der Waals surface area contributed by atoms with Gasteiger partial charge in [0.05, 0.1) is 36.5 Å². The van der Waals surface area contributed by atoms with Crippen LogP contribution >= 0.6 is 11.8 Å². The summed E-state index contributed by atoms with van der Waals surface area (Å²) in [5.74, 6) is 0.566. The molecule has 1 unspecified atom stereocenters. The Hall–Kier alpha value is -3.26. The molecule has 0 saturated heterocycles. The van der Waals surface area contributed by atoms with E-state index in [1.807, 2.05) is 49.0 Å². The minimum Gasteiger partial charge on any atom is -0.467 e. The molecular weight excluding hydrogens is 448 g/mol. The molecule has 8 heteroatoms. The predicted octanol–water partition coefficient (Wildman–Crippen LogP) is 4.74. The summed E-state index contributed by atoms with van der Waals surface area (Å²) in [6, 6.07) is 11.5. The van der Waals surface area contributed by atoms with Crippen LogP contribution in [0.15, 0.2) is 74.4 Å². The summed E-state index contributed by atoms with van der Waals surface area (Å²) in [6.45, 7) is 9.48. The molecule has 2 amide bonds. The Morgan fingerprint density at radius 3 is 2.53 bits per heavy atom. The largest absolute Gasteiger partial charge is 0.467 e. The Bertz CT molecular complexity index is 1150. The van der Waals surface area contributed by atoms with E-state index in [4.69, 9.17) is 9.41 Å². The van der Waals surface area contributed by atoms with Gasteiger partial charge >= 0.3 is 0 Å². The second-order valence-corrected chi connectivity index (χ2v) is 9.15. The first kappa shape index (κ1) is 23.9. The van der Waals surface area contributed by atoms with Gasteiger partial charge in [-0.1, -0.05) is 41.6 Å². The van der Waals surface area contributed by atoms with Crippen LogP contribution in [0.4, 0.5) is 0 Å². The topological polar surface area (TPSA) is 78.1 Å². The van der Waals surface area contributed by atoms with E-state index in [-0.39, 0.29) is 24.3 Å². The molecule has 1 aromatic carbocycles. The fourth-order valence-electron chi connectivity index (χ4n) is 4.21. The van der Waals surface area contributed by atoms with Gasteiger partial charge in [0.1, 0.15) is 5.76 Å². The van der Waals surface area contributed by atoms with Gasteiger partial charge in [-0.15, -0.1) is 0 Å². The summed E-state index contributed by atoms with van der Waals surface area (Å²) in [7, 11) is 0. The van der Waals surface area contributed by atoms with Gasteiger partial charge in [-0.05, 0) is 50.8 Å². The number of carbonyl (C=O) groups excluding carboxylic acids is 2. The van der Waals surface area contributed by atoms with Gasteiger partial charge in [-0.3, -0.25) is 9.59 Å². The first-order valence-electron chi connectivity index (χ1n) is 11.5. The van der Waals surface area contributed by atoms with Crippen LogP contribution in [0.5, 0.6) is 0 Å². The number of hydrogen-bond acceptors (Lipinski definition) is 6. The highest BCUT2D eigenvalue weighted by molar-refractivity contribution is 8.16. The standard InChI is InChI=1S/C26H30N4O3S/c1-5-29(6-2)25(32)23-18(4)28-26-30(24(23)19-11-9-17(3)10-12-19)20(16-34-26)14-22(31)27-15-21-8-7-13-33-21/h7-13,16,24H,5-6,14-15H2,1-4H3,(H,27,31). The van der Waals surface area contributed by atoms with E-state index in [9.17, 15) is 9.59 Å². The third-order valence-corrected chi connectivity index (χ3v) is 6.95. The first-order chi connectivity index (χ1) is 16.4. The zero-order valence-corrected chi connectivity index (χ0v) is 20.8. The van der Waals surface area contributed by atoms with Crippen LogP contribution in [0.2, 0.25) is 0 Å². The molecule has 2 aliphatic heterocycles. The second kappa shape index (κ2) is 10.3. The average Bonchev–Trinajstić information content (AvgIpc) is 3.48. The van der Waals surface area contributed by atoms with E-state index in [0.29, 0.717) is 31.0 Å². The quantitative estimate of drug-likeness (QED) is 0.593. The molecule has 34 heavy (non-hydrogen) atoms. The van der Waals surface area contributed by atoms with Crippen molar-refractivity contribution in [2.75, 3.05) is 13.1 Å². The molecule has 0 bridgehead atoms. The lowest BCUT2D eigenvalue weighted by Crippen LogP contribution is -2.42. The van der Waals surface area contributed by atoms with Crippen molar-refractivity contribution in [2.45, 2.75) is 46.7 Å². The summed E-state index contributed by atoms with van der Waals surface area (Å²) < 4.78 is 5.31. The highest BCUT2D eigenvalue weighted by Gasteiger charge is 2.41. The number of likely N-dealkylation sites (N-methyl/N-ethyl adjacent to an activating group) is 1. The number of fused-ring (bicyclic) bond motifs is 1. The number of aliphatic imine (C=N–C) groups is 1. The number of amidine groups is 1. The molecule has 1 atom stereocenters. The molecule has 1 N–H and O–H groups in total. The van der Waals surface area contributed by atoms with Gasteiger partial charge in [0.15, 0.2) is 5.17 Å². The summed E-state index contributed by atoms with van der Waals surface area (Å²) >= 11 is 1.49. The minimum atomic E-state index is -0.347. The van der Waals surface area contributed by atoms with Gasteiger partial charge < -0.3 is 19.5 Å². The highest BCUT2D eigenvalue weighted by atomic mass is 32.2. The lowest BCUT2D eigenvalue weighted by Gasteiger charge is -2.38. The molecule has 0 spiro atoms. The molecule has 0 aliphatic carbocycles. The van der Waals surface area contributed by atoms with Crippen molar-refractivity contribution < 1.29 is 14.0 Å². The van der Waals surface area contributed by atoms with Crippen LogP contribution < -0.4 is 5.32 Å². The van der Waals surface area contributed by atoms with Gasteiger partial charge in [0, 0.05) is 18.8 Å². The fraction of sp³-hybridized carbons (Fsp3) is 0.346. The van der Waals surface area contributed by atoms with Gasteiger partial charge in [-0.25, -0.2) is 4.99 Å². The molecule has 0 fully saturated rings. The highest BCUT2D eigenvalue weighted by Crippen LogP contribution is 2.45. The molecule has 2 aliphatic rings. The van der Waals surface area contributed by atoms with Gasteiger partial charge in [-0.2, -0.15) is 0 Å². The molecule has 178 valence electrons. The van der Waals surface area contributed by atoms with E-state index >= 15 is 0 Å². The Kier molecular flexibility index (Phi) is 7.26. The Morgan fingerprint density at radius 2 is 1.88 bits per heavy atom. The van der Waals surface area contributed by atoms with Crippen molar-refractivity contribution in [3.8, 4) is 0 Å². The molecule has 2 aromatic rings. The maximum Gasteiger partial charge on any atom is 0.254 e. The zero-order chi connectivity index (χ0) is 24.2. The molecule has 7 nitrogen and oxygen atoms in total. The molecular formula is C26H30N4O3S. The molecule has 0 saturated carbocycles. The Morgan fingerprint density at radius 1 is 1.15 bits per heavy atom. The van der Waals surface area contributed by atoms with E-state index in [1.165, 1.54) is 11.8 Å². The normalized spacial score (nSPS) is 17.3. The Balaban J connectivity index is 1.65. The number of furan rings is 1. The number of hydrogen-bond donors (Lipinski definition) is 1. The maximum absolute atomic E-state index is 13.6. The number of nitrogens with one attached hydrogen (secondary N) is 1. The lowest BCUT2D eigenvalue weighted by atomic mass is 9.92. The number of thioether (sulfide) groups is 1. The summed E-state index contributed by atoms with van der Waals surface area (Å²) in [6.07, 6.45) is 1.77. The van der Waals surface area contributed by atoms with Gasteiger partial charge in [0.2, 0.25) is 5.91 Å². The summed E-state index contributed by atoms with van der Waals surface area (Å²) in [4.78, 5) is 35.1. The van der Waals surface area contributed by atoms with Crippen LogP contribution in [-0.4, -0.2) is 39.9 Å². The number of nitrogens with zero attached hydrogens (tertiary/aromatic N) is 3. The SMILES string of the molecule is CCN(CC)C(=O)C1=C(C)N=C2SC=C(CC(=O)NCc3ccco3)N2C1c1ccc(C)cc1. The third-order valence-electron chi connectivity index (χ3n) is 6.06. The van der Waals surface area contributed by atoms with E-state index in [0.717, 1.165) is 27.7 Å². The Labute approximate surface area is 204 Å². The van der Waals surface area contributed by atoms with E-state index < -0.39 is 0 Å². The van der Waals surface area contributed by atoms with Crippen molar-refractivity contribution >= 4 is 28.7 Å². The average molecular weight is 479 g/mol. The van der Waals surface area contributed by atoms with Crippen molar-refractivity contribution in [1.82, 2.24) is 15.1 Å². The zero-order valence-electron chi connectivity index (χ0n) is 20.0. The predicted molar refractivity (Wildman–Crippen MR) is 135 cm³/mol. The lowest BCUT2D eigenvalue weighted by molar-refractivity contribution is -0.127. The number of carbonyl (C=O) groups is 2. The number of rotatable bonds is 8. The van der Waals surface area contributed by atoms with Crippen LogP contribution in [0.25, 0.3) is 0 Å². The maximum atomic E-state index is 13.6. The molecule has 1 aromatic heterocycles. The van der Waals surface area contributed by atoms with E-state index in [2.05, 4.69) is 29.6 Å². The van der Waals surface area contributed by atoms with Crippen molar-refractivity contribution in [3.05, 3.63) is 81.9 Å². The van der Waals surface area contributed by atoms with Crippen molar-refractivity contribution in [2.24, 2.45) is 4.99 Å². The van der Waals surface area contributed by atoms with E-state index in [1.54, 1.807) is 12.3 Å². The van der Waals surface area contributed by atoms with Crippen LogP contribution in [0.3, 0.4) is 0 Å². The van der Waals surface area contributed by atoms with Crippen molar-refractivity contribution in [3.63, 3.8) is 0 Å². The number of allylic oxidation sites excluding steroid dienone is 1. The second-order valence-electron chi connectivity index (χ2n) is 8.31. The number of aryl methyl sites for hydroxylation is 1. The summed E-state index contributed by atoms with van der Waals surface area (Å²) in [5.41, 5.74) is 4.34. The fourth-order valence-corrected chi connectivity index (χ4v) is 5.18. The molecule has 0 radical (unpaired) electrons.